The van der Waals surface area contributed by atoms with Crippen molar-refractivity contribution in [2.24, 2.45) is 0 Å². The summed E-state index contributed by atoms with van der Waals surface area (Å²) in [5.74, 6) is -0.427. The van der Waals surface area contributed by atoms with E-state index in [0.717, 1.165) is 38.1 Å². The van der Waals surface area contributed by atoms with E-state index >= 15 is 0 Å². The van der Waals surface area contributed by atoms with E-state index in [1.807, 2.05) is 7.05 Å². The Labute approximate surface area is 142 Å². The fourth-order valence-electron chi connectivity index (χ4n) is 3.02. The summed E-state index contributed by atoms with van der Waals surface area (Å²) < 4.78 is 52.5. The Morgan fingerprint density at radius 1 is 1.16 bits per heavy atom. The second-order valence-electron chi connectivity index (χ2n) is 6.24. The lowest BCUT2D eigenvalue weighted by atomic mass is 10.0. The van der Waals surface area contributed by atoms with Crippen LogP contribution in [0.3, 0.4) is 0 Å². The number of likely N-dealkylation sites (tertiary alicyclic amines) is 1. The van der Waals surface area contributed by atoms with Gasteiger partial charge in [0.25, 0.3) is 0 Å². The quantitative estimate of drug-likeness (QED) is 0.851. The van der Waals surface area contributed by atoms with Crippen molar-refractivity contribution in [3.05, 3.63) is 41.7 Å². The average Bonchev–Trinajstić information content (AvgIpc) is 2.55. The zero-order valence-electron chi connectivity index (χ0n) is 13.6. The molecule has 1 atom stereocenters. The predicted octanol–water partition coefficient (Wildman–Crippen LogP) is 3.81. The monoisotopic (exact) mass is 354 g/mol. The molecular weight excluding hydrogens is 336 g/mol. The van der Waals surface area contributed by atoms with E-state index in [9.17, 15) is 17.6 Å². The number of alkyl halides is 3. The van der Waals surface area contributed by atoms with Gasteiger partial charge in [-0.15, -0.1) is 10.2 Å². The van der Waals surface area contributed by atoms with Crippen LogP contribution in [-0.2, 0) is 6.18 Å². The lowest BCUT2D eigenvalue weighted by Gasteiger charge is -2.30. The number of hydrogen-bond donors (Lipinski definition) is 1. The third kappa shape index (κ3) is 4.25. The molecule has 1 N–H and O–H groups in total. The van der Waals surface area contributed by atoms with E-state index < -0.39 is 17.6 Å². The third-order valence-corrected chi connectivity index (χ3v) is 4.20. The van der Waals surface area contributed by atoms with E-state index in [4.69, 9.17) is 0 Å². The molecule has 134 valence electrons. The summed E-state index contributed by atoms with van der Waals surface area (Å²) in [6.07, 6.45) is -2.59. The minimum Gasteiger partial charge on any atom is -0.365 e. The van der Waals surface area contributed by atoms with Crippen molar-refractivity contribution in [1.29, 1.82) is 0 Å². The van der Waals surface area contributed by atoms with Crippen LogP contribution in [0.25, 0.3) is 11.3 Å². The minimum absolute atomic E-state index is 0.0543. The Morgan fingerprint density at radius 2 is 1.96 bits per heavy atom. The molecular formula is C17H18F4N4. The molecule has 1 saturated heterocycles. The first kappa shape index (κ1) is 17.6. The van der Waals surface area contributed by atoms with Gasteiger partial charge in [0.05, 0.1) is 11.3 Å². The van der Waals surface area contributed by atoms with Crippen molar-refractivity contribution in [1.82, 2.24) is 15.1 Å². The molecule has 0 spiro atoms. The van der Waals surface area contributed by atoms with Gasteiger partial charge in [-0.25, -0.2) is 4.39 Å². The molecule has 1 aliphatic heterocycles. The molecule has 1 aromatic carbocycles. The van der Waals surface area contributed by atoms with Crippen molar-refractivity contribution < 1.29 is 17.6 Å². The highest BCUT2D eigenvalue weighted by Crippen LogP contribution is 2.36. The number of likely N-dealkylation sites (N-methyl/N-ethyl adjacent to an activating group) is 1. The molecule has 1 aromatic heterocycles. The fraction of sp³-hybridized carbons (Fsp3) is 0.412. The lowest BCUT2D eigenvalue weighted by molar-refractivity contribution is -0.137. The van der Waals surface area contributed by atoms with Gasteiger partial charge in [-0.2, -0.15) is 13.2 Å². The van der Waals surface area contributed by atoms with Crippen LogP contribution in [0.4, 0.5) is 23.4 Å². The average molecular weight is 354 g/mol. The molecule has 0 bridgehead atoms. The van der Waals surface area contributed by atoms with Crippen LogP contribution < -0.4 is 5.32 Å². The topological polar surface area (TPSA) is 41.0 Å². The number of hydrogen-bond acceptors (Lipinski definition) is 4. The van der Waals surface area contributed by atoms with Crippen molar-refractivity contribution >= 4 is 5.82 Å². The van der Waals surface area contributed by atoms with Gasteiger partial charge in [0.1, 0.15) is 11.6 Å². The van der Waals surface area contributed by atoms with Crippen LogP contribution in [0.15, 0.2) is 30.3 Å². The predicted molar refractivity (Wildman–Crippen MR) is 86.6 cm³/mol. The molecule has 1 fully saturated rings. The fourth-order valence-corrected chi connectivity index (χ4v) is 3.02. The highest BCUT2D eigenvalue weighted by molar-refractivity contribution is 5.64. The maximum absolute atomic E-state index is 13.2. The van der Waals surface area contributed by atoms with Gasteiger partial charge >= 0.3 is 6.18 Å². The first-order chi connectivity index (χ1) is 11.8. The number of rotatable bonds is 3. The largest absolute Gasteiger partial charge is 0.417 e. The van der Waals surface area contributed by atoms with Gasteiger partial charge in [-0.05, 0) is 56.8 Å². The molecule has 3 rings (SSSR count). The molecule has 2 aromatic rings. The summed E-state index contributed by atoms with van der Waals surface area (Å²) >= 11 is 0. The third-order valence-electron chi connectivity index (χ3n) is 4.20. The van der Waals surface area contributed by atoms with Crippen LogP contribution in [0.2, 0.25) is 0 Å². The molecule has 0 unspecified atom stereocenters. The maximum Gasteiger partial charge on any atom is 0.417 e. The zero-order valence-corrected chi connectivity index (χ0v) is 13.6. The van der Waals surface area contributed by atoms with Gasteiger partial charge in [0.15, 0.2) is 0 Å². The van der Waals surface area contributed by atoms with Crippen molar-refractivity contribution in [2.75, 3.05) is 25.5 Å². The Kier molecular flexibility index (Phi) is 4.89. The summed E-state index contributed by atoms with van der Waals surface area (Å²) in [7, 11) is 2.04. The molecule has 0 amide bonds. The van der Waals surface area contributed by atoms with Crippen LogP contribution >= 0.6 is 0 Å². The van der Waals surface area contributed by atoms with E-state index in [1.165, 1.54) is 6.07 Å². The summed E-state index contributed by atoms with van der Waals surface area (Å²) in [6.45, 7) is 1.92. The van der Waals surface area contributed by atoms with Crippen molar-refractivity contribution in [2.45, 2.75) is 25.1 Å². The smallest absolute Gasteiger partial charge is 0.365 e. The van der Waals surface area contributed by atoms with Gasteiger partial charge in [0.2, 0.25) is 0 Å². The van der Waals surface area contributed by atoms with Gasteiger partial charge in [-0.3, -0.25) is 0 Å². The molecule has 1 aliphatic rings. The lowest BCUT2D eigenvalue weighted by Crippen LogP contribution is -2.39. The number of benzene rings is 1. The summed E-state index contributed by atoms with van der Waals surface area (Å²) in [4.78, 5) is 2.21. The van der Waals surface area contributed by atoms with E-state index in [1.54, 1.807) is 6.07 Å². The molecule has 0 radical (unpaired) electrons. The van der Waals surface area contributed by atoms with Crippen LogP contribution in [0.5, 0.6) is 0 Å². The van der Waals surface area contributed by atoms with Gasteiger partial charge < -0.3 is 10.2 Å². The maximum atomic E-state index is 13.2. The van der Waals surface area contributed by atoms with Gasteiger partial charge in [0, 0.05) is 18.2 Å². The van der Waals surface area contributed by atoms with E-state index in [2.05, 4.69) is 20.4 Å². The molecule has 8 heteroatoms. The summed E-state index contributed by atoms with van der Waals surface area (Å²) in [5, 5.41) is 11.1. The molecule has 0 aliphatic carbocycles. The Hall–Kier alpha value is -2.22. The molecule has 25 heavy (non-hydrogen) atoms. The molecule has 4 nitrogen and oxygen atoms in total. The summed E-state index contributed by atoms with van der Waals surface area (Å²) in [5.41, 5.74) is -1.19. The standard InChI is InChI=1S/C17H18F4N4/c1-25-8-2-3-12(10-25)22-16-7-6-15(23-24-16)13-5-4-11(18)9-14(13)17(19,20)21/h4-7,9,12H,2-3,8,10H2,1H3,(H,22,24)/t12-/m1/s1. The van der Waals surface area contributed by atoms with Crippen molar-refractivity contribution in [3.63, 3.8) is 0 Å². The number of nitrogens with one attached hydrogen (secondary N) is 1. The highest BCUT2D eigenvalue weighted by atomic mass is 19.4. The van der Waals surface area contributed by atoms with Crippen LogP contribution in [0.1, 0.15) is 18.4 Å². The number of halogens is 4. The van der Waals surface area contributed by atoms with Gasteiger partial charge in [-0.1, -0.05) is 0 Å². The first-order valence-electron chi connectivity index (χ1n) is 7.99. The normalized spacial score (nSPS) is 19.0. The SMILES string of the molecule is CN1CCC[C@@H](Nc2ccc(-c3ccc(F)cc3C(F)(F)F)nn2)C1. The number of anilines is 1. The van der Waals surface area contributed by atoms with Crippen molar-refractivity contribution in [3.8, 4) is 11.3 Å². The molecule has 0 saturated carbocycles. The Bertz CT molecular complexity index is 730. The van der Waals surface area contributed by atoms with E-state index in [-0.39, 0.29) is 17.3 Å². The Morgan fingerprint density at radius 3 is 2.60 bits per heavy atom. The zero-order chi connectivity index (χ0) is 18.0. The molecule has 2 heterocycles. The second-order valence-corrected chi connectivity index (χ2v) is 6.24. The second kappa shape index (κ2) is 6.95. The number of aromatic nitrogens is 2. The summed E-state index contributed by atoms with van der Waals surface area (Å²) in [6, 6.07) is 5.82. The minimum atomic E-state index is -4.66. The van der Waals surface area contributed by atoms with E-state index in [0.29, 0.717) is 11.9 Å². The highest BCUT2D eigenvalue weighted by Gasteiger charge is 2.34. The Balaban J connectivity index is 1.81. The van der Waals surface area contributed by atoms with Crippen LogP contribution in [0, 0.1) is 5.82 Å². The number of nitrogens with zero attached hydrogens (tertiary/aromatic N) is 3. The van der Waals surface area contributed by atoms with Crippen LogP contribution in [-0.4, -0.2) is 41.3 Å². The first-order valence-corrected chi connectivity index (χ1v) is 7.99. The number of piperidine rings is 1.